The van der Waals surface area contributed by atoms with Gasteiger partial charge in [-0.25, -0.2) is 0 Å². The third-order valence-corrected chi connectivity index (χ3v) is 6.29. The summed E-state index contributed by atoms with van der Waals surface area (Å²) in [6.45, 7) is 12.1. The van der Waals surface area contributed by atoms with Crippen LogP contribution < -0.4 is 5.32 Å². The van der Waals surface area contributed by atoms with Crippen molar-refractivity contribution in [3.05, 3.63) is 0 Å². The maximum absolute atomic E-state index is 3.68. The van der Waals surface area contributed by atoms with Gasteiger partial charge >= 0.3 is 0 Å². The first-order valence-corrected chi connectivity index (χ1v) is 8.55. The Bertz CT molecular complexity index is 314. The molecule has 1 aliphatic heterocycles. The summed E-state index contributed by atoms with van der Waals surface area (Å²) < 4.78 is 0. The van der Waals surface area contributed by atoms with Gasteiger partial charge in [-0.1, -0.05) is 20.3 Å². The van der Waals surface area contributed by atoms with Gasteiger partial charge in [0.2, 0.25) is 0 Å². The van der Waals surface area contributed by atoms with Crippen LogP contribution in [-0.2, 0) is 0 Å². The molecule has 1 saturated heterocycles. The normalized spacial score (nSPS) is 45.0. The zero-order chi connectivity index (χ0) is 13.6. The molecule has 1 heterocycles. The van der Waals surface area contributed by atoms with E-state index in [9.17, 15) is 0 Å². The second-order valence-electron chi connectivity index (χ2n) is 7.90. The summed E-state index contributed by atoms with van der Waals surface area (Å²) in [5.74, 6) is 3.89. The van der Waals surface area contributed by atoms with Gasteiger partial charge < -0.3 is 5.32 Å². The van der Waals surface area contributed by atoms with Crippen molar-refractivity contribution in [3.63, 3.8) is 0 Å². The van der Waals surface area contributed by atoms with E-state index in [2.05, 4.69) is 37.9 Å². The van der Waals surface area contributed by atoms with Gasteiger partial charge in [0.25, 0.3) is 0 Å². The lowest BCUT2D eigenvalue weighted by Crippen LogP contribution is -2.61. The molecule has 2 bridgehead atoms. The molecule has 2 nitrogen and oxygen atoms in total. The van der Waals surface area contributed by atoms with Gasteiger partial charge in [-0.15, -0.1) is 0 Å². The predicted molar refractivity (Wildman–Crippen MR) is 81.2 cm³/mol. The minimum atomic E-state index is 0.663. The van der Waals surface area contributed by atoms with Crippen molar-refractivity contribution < 1.29 is 0 Å². The number of nitrogens with one attached hydrogen (secondary N) is 1. The zero-order valence-corrected chi connectivity index (χ0v) is 13.2. The number of rotatable bonds is 3. The summed E-state index contributed by atoms with van der Waals surface area (Å²) in [5.41, 5.74) is 0. The van der Waals surface area contributed by atoms with Crippen LogP contribution in [0.25, 0.3) is 0 Å². The Morgan fingerprint density at radius 2 is 1.89 bits per heavy atom. The molecule has 0 aromatic carbocycles. The summed E-state index contributed by atoms with van der Waals surface area (Å²) in [4.78, 5) is 2.86. The Balaban J connectivity index is 1.70. The van der Waals surface area contributed by atoms with Gasteiger partial charge in [0, 0.05) is 31.2 Å². The maximum Gasteiger partial charge on any atom is 0.0247 e. The lowest BCUT2D eigenvalue weighted by Gasteiger charge is -2.47. The molecular formula is C17H32N2. The van der Waals surface area contributed by atoms with Crippen LogP contribution in [0.3, 0.4) is 0 Å². The van der Waals surface area contributed by atoms with Crippen molar-refractivity contribution in [2.75, 3.05) is 13.1 Å². The lowest BCUT2D eigenvalue weighted by molar-refractivity contribution is 0.0267. The van der Waals surface area contributed by atoms with Crippen LogP contribution in [-0.4, -0.2) is 36.1 Å². The van der Waals surface area contributed by atoms with Gasteiger partial charge in [-0.3, -0.25) is 4.90 Å². The Kier molecular flexibility index (Phi) is 3.92. The molecule has 2 saturated carbocycles. The minimum absolute atomic E-state index is 0.663. The van der Waals surface area contributed by atoms with E-state index in [-0.39, 0.29) is 0 Å². The number of hydrogen-bond donors (Lipinski definition) is 1. The molecule has 6 unspecified atom stereocenters. The highest BCUT2D eigenvalue weighted by Crippen LogP contribution is 2.50. The highest BCUT2D eigenvalue weighted by atomic mass is 15.3. The molecule has 3 aliphatic rings. The largest absolute Gasteiger partial charge is 0.311 e. The van der Waals surface area contributed by atoms with Crippen LogP contribution >= 0.6 is 0 Å². The highest BCUT2D eigenvalue weighted by Gasteiger charge is 2.45. The molecule has 3 fully saturated rings. The molecule has 1 N–H and O–H groups in total. The van der Waals surface area contributed by atoms with E-state index in [1.54, 1.807) is 6.42 Å². The molecule has 0 amide bonds. The molecular weight excluding hydrogens is 232 g/mol. The smallest absolute Gasteiger partial charge is 0.0247 e. The average Bonchev–Trinajstić information content (AvgIpc) is 2.99. The van der Waals surface area contributed by atoms with Crippen LogP contribution in [0, 0.1) is 23.7 Å². The Morgan fingerprint density at radius 1 is 1.11 bits per heavy atom. The summed E-state index contributed by atoms with van der Waals surface area (Å²) in [5, 5.41) is 3.68. The lowest BCUT2D eigenvalue weighted by atomic mass is 9.81. The Morgan fingerprint density at radius 3 is 2.47 bits per heavy atom. The first-order chi connectivity index (χ1) is 9.06. The van der Waals surface area contributed by atoms with E-state index in [1.165, 1.54) is 32.4 Å². The van der Waals surface area contributed by atoms with Crippen LogP contribution in [0.1, 0.15) is 53.4 Å². The number of nitrogens with zero attached hydrogens (tertiary/aromatic N) is 1. The molecule has 3 rings (SSSR count). The predicted octanol–water partition coefficient (Wildman–Crippen LogP) is 3.13. The third kappa shape index (κ3) is 2.58. The first-order valence-electron chi connectivity index (χ1n) is 8.55. The fourth-order valence-electron chi connectivity index (χ4n) is 5.17. The minimum Gasteiger partial charge on any atom is -0.311 e. The SMILES string of the molecule is CC1CN(C(C)C2CC3CCC2C3)C(C(C)C)CN1. The Hall–Kier alpha value is -0.0800. The fraction of sp³-hybridized carbons (Fsp3) is 1.00. The van der Waals surface area contributed by atoms with E-state index >= 15 is 0 Å². The molecule has 110 valence electrons. The summed E-state index contributed by atoms with van der Waals surface area (Å²) in [7, 11) is 0. The van der Waals surface area contributed by atoms with Gasteiger partial charge in [-0.2, -0.15) is 0 Å². The topological polar surface area (TPSA) is 15.3 Å². The van der Waals surface area contributed by atoms with Gasteiger partial charge in [0.15, 0.2) is 0 Å². The maximum atomic E-state index is 3.68. The molecule has 0 spiro atoms. The van der Waals surface area contributed by atoms with Crippen molar-refractivity contribution >= 4 is 0 Å². The van der Waals surface area contributed by atoms with E-state index in [4.69, 9.17) is 0 Å². The van der Waals surface area contributed by atoms with Crippen LogP contribution in [0.15, 0.2) is 0 Å². The molecule has 2 heteroatoms. The molecule has 2 aliphatic carbocycles. The van der Waals surface area contributed by atoms with Gasteiger partial charge in [-0.05, 0) is 56.8 Å². The van der Waals surface area contributed by atoms with Crippen molar-refractivity contribution in [3.8, 4) is 0 Å². The van der Waals surface area contributed by atoms with E-state index < -0.39 is 0 Å². The van der Waals surface area contributed by atoms with Crippen LogP contribution in [0.5, 0.6) is 0 Å². The summed E-state index contributed by atoms with van der Waals surface area (Å²) in [6.07, 6.45) is 6.12. The molecule has 6 atom stereocenters. The fourth-order valence-corrected chi connectivity index (χ4v) is 5.17. The quantitative estimate of drug-likeness (QED) is 0.842. The highest BCUT2D eigenvalue weighted by molar-refractivity contribution is 4.98. The Labute approximate surface area is 119 Å². The monoisotopic (exact) mass is 264 g/mol. The van der Waals surface area contributed by atoms with Gasteiger partial charge in [0.1, 0.15) is 0 Å². The van der Waals surface area contributed by atoms with Crippen LogP contribution in [0.2, 0.25) is 0 Å². The zero-order valence-electron chi connectivity index (χ0n) is 13.2. The van der Waals surface area contributed by atoms with Crippen molar-refractivity contribution in [1.29, 1.82) is 0 Å². The number of piperazine rings is 1. The number of fused-ring (bicyclic) bond motifs is 2. The van der Waals surface area contributed by atoms with Crippen molar-refractivity contribution in [2.45, 2.75) is 71.5 Å². The van der Waals surface area contributed by atoms with E-state index in [0.29, 0.717) is 6.04 Å². The van der Waals surface area contributed by atoms with Crippen molar-refractivity contribution in [2.24, 2.45) is 23.7 Å². The van der Waals surface area contributed by atoms with Crippen LogP contribution in [0.4, 0.5) is 0 Å². The summed E-state index contributed by atoms with van der Waals surface area (Å²) >= 11 is 0. The summed E-state index contributed by atoms with van der Waals surface area (Å²) in [6, 6.07) is 2.20. The van der Waals surface area contributed by atoms with E-state index in [1.807, 2.05) is 0 Å². The second kappa shape index (κ2) is 5.37. The van der Waals surface area contributed by atoms with Gasteiger partial charge in [0.05, 0.1) is 0 Å². The third-order valence-electron chi connectivity index (χ3n) is 6.29. The number of hydrogen-bond acceptors (Lipinski definition) is 2. The molecule has 0 aromatic heterocycles. The van der Waals surface area contributed by atoms with Crippen molar-refractivity contribution in [1.82, 2.24) is 10.2 Å². The standard InChI is InChI=1S/C17H32N2/c1-11(2)17-9-18-12(3)10-19(17)13(4)16-8-14-5-6-15(16)7-14/h11-18H,5-10H2,1-4H3. The molecule has 0 radical (unpaired) electrons. The van der Waals surface area contributed by atoms with E-state index in [0.717, 1.165) is 35.8 Å². The molecule has 0 aromatic rings. The second-order valence-corrected chi connectivity index (χ2v) is 7.90. The average molecular weight is 264 g/mol. The first kappa shape index (κ1) is 13.9. The molecule has 19 heavy (non-hydrogen) atoms.